The Morgan fingerprint density at radius 3 is 2.21 bits per heavy atom. The average molecular weight is 437 g/mol. The normalized spacial score (nSPS) is 11.1. The number of amides is 2. The van der Waals surface area contributed by atoms with Gasteiger partial charge in [-0.15, -0.1) is 0 Å². The Morgan fingerprint density at radius 1 is 0.818 bits per heavy atom. The first-order valence-corrected chi connectivity index (χ1v) is 10.4. The van der Waals surface area contributed by atoms with Crippen molar-refractivity contribution in [2.24, 2.45) is 0 Å². The maximum atomic E-state index is 13.0. The van der Waals surface area contributed by atoms with Crippen LogP contribution in [0.2, 0.25) is 0 Å². The molecule has 0 aliphatic carbocycles. The third-order valence-electron chi connectivity index (χ3n) is 4.99. The molecule has 33 heavy (non-hydrogen) atoms. The summed E-state index contributed by atoms with van der Waals surface area (Å²) in [5, 5.41) is 5.51. The minimum absolute atomic E-state index is 0.0623. The molecule has 6 nitrogen and oxygen atoms in total. The molecule has 2 amide bonds. The van der Waals surface area contributed by atoms with Gasteiger partial charge in [0.05, 0.1) is 0 Å². The highest BCUT2D eigenvalue weighted by Crippen LogP contribution is 2.23. The molecule has 0 bridgehead atoms. The van der Waals surface area contributed by atoms with Gasteiger partial charge in [0.25, 0.3) is 11.8 Å². The lowest BCUT2D eigenvalue weighted by molar-refractivity contribution is -0.117. The average Bonchev–Trinajstić information content (AvgIpc) is 3.32. The minimum atomic E-state index is -0.458. The molecule has 1 heterocycles. The van der Waals surface area contributed by atoms with Crippen molar-refractivity contribution in [2.45, 2.75) is 6.54 Å². The fourth-order valence-electron chi connectivity index (χ4n) is 3.24. The summed E-state index contributed by atoms with van der Waals surface area (Å²) in [5.74, 6) is 0.242. The number of carbonyl (C=O) groups excluding carboxylic acids is 2. The molecule has 1 aromatic heterocycles. The highest BCUT2D eigenvalue weighted by atomic mass is 16.3. The Kier molecular flexibility index (Phi) is 6.66. The van der Waals surface area contributed by atoms with Gasteiger partial charge >= 0.3 is 0 Å². The monoisotopic (exact) mass is 437 g/mol. The number of nitrogens with one attached hydrogen (secondary N) is 2. The zero-order valence-electron chi connectivity index (χ0n) is 17.8. The number of nitrogens with two attached hydrogens (primary N) is 1. The van der Waals surface area contributed by atoms with Gasteiger partial charge in [-0.3, -0.25) is 9.59 Å². The number of carbonyl (C=O) groups is 2. The highest BCUT2D eigenvalue weighted by molar-refractivity contribution is 6.05. The molecule has 0 aliphatic rings. The molecule has 3 aromatic carbocycles. The Bertz CT molecular complexity index is 1280. The van der Waals surface area contributed by atoms with Crippen molar-refractivity contribution >= 4 is 23.6 Å². The first-order valence-electron chi connectivity index (χ1n) is 10.4. The summed E-state index contributed by atoms with van der Waals surface area (Å²) in [6, 6.07) is 29.2. The number of hydrogen-bond donors (Lipinski definition) is 3. The van der Waals surface area contributed by atoms with E-state index >= 15 is 0 Å². The van der Waals surface area contributed by atoms with Crippen molar-refractivity contribution in [1.29, 1.82) is 0 Å². The van der Waals surface area contributed by atoms with Crippen LogP contribution < -0.4 is 16.4 Å². The zero-order chi connectivity index (χ0) is 23.0. The molecule has 4 rings (SSSR count). The number of hydrogen-bond acceptors (Lipinski definition) is 4. The van der Waals surface area contributed by atoms with Gasteiger partial charge in [0.2, 0.25) is 0 Å². The standard InChI is InChI=1S/C27H23N3O3/c28-23-14-8-7-13-21(23)18-29-27(32)24(30-26(31)20-11-5-2-6-12-20)17-22-15-16-25(33-22)19-9-3-1-4-10-19/h1-17H,18,28H2,(H,29,32)(H,30,31)/b24-17-. The van der Waals surface area contributed by atoms with E-state index in [1.54, 1.807) is 36.4 Å². The largest absolute Gasteiger partial charge is 0.457 e. The van der Waals surface area contributed by atoms with Crippen LogP contribution in [0.4, 0.5) is 5.69 Å². The number of furan rings is 1. The molecule has 4 aromatic rings. The third-order valence-corrected chi connectivity index (χ3v) is 4.99. The molecule has 0 saturated heterocycles. The van der Waals surface area contributed by atoms with Gasteiger partial charge in [-0.05, 0) is 35.9 Å². The maximum Gasteiger partial charge on any atom is 0.268 e. The molecule has 164 valence electrons. The fraction of sp³-hybridized carbons (Fsp3) is 0.0370. The van der Waals surface area contributed by atoms with Crippen molar-refractivity contribution in [3.63, 3.8) is 0 Å². The van der Waals surface area contributed by atoms with Crippen LogP contribution in [0.25, 0.3) is 17.4 Å². The smallest absolute Gasteiger partial charge is 0.268 e. The lowest BCUT2D eigenvalue weighted by Crippen LogP contribution is -2.34. The maximum absolute atomic E-state index is 13.0. The molecular weight excluding hydrogens is 414 g/mol. The quantitative estimate of drug-likeness (QED) is 0.290. The van der Waals surface area contributed by atoms with E-state index in [4.69, 9.17) is 10.2 Å². The third kappa shape index (κ3) is 5.57. The molecule has 0 saturated carbocycles. The summed E-state index contributed by atoms with van der Waals surface area (Å²) in [7, 11) is 0. The SMILES string of the molecule is Nc1ccccc1CNC(=O)/C(=C/c1ccc(-c2ccccc2)o1)NC(=O)c1ccccc1. The first kappa shape index (κ1) is 21.6. The molecular formula is C27H23N3O3. The molecule has 0 radical (unpaired) electrons. The highest BCUT2D eigenvalue weighted by Gasteiger charge is 2.16. The van der Waals surface area contributed by atoms with E-state index in [9.17, 15) is 9.59 Å². The van der Waals surface area contributed by atoms with E-state index in [-0.39, 0.29) is 12.2 Å². The van der Waals surface area contributed by atoms with Crippen LogP contribution in [-0.4, -0.2) is 11.8 Å². The van der Waals surface area contributed by atoms with Gasteiger partial charge in [0.15, 0.2) is 0 Å². The second-order valence-electron chi connectivity index (χ2n) is 7.33. The van der Waals surface area contributed by atoms with Crippen molar-refractivity contribution in [2.75, 3.05) is 5.73 Å². The van der Waals surface area contributed by atoms with Gasteiger partial charge in [-0.2, -0.15) is 0 Å². The van der Waals surface area contributed by atoms with E-state index in [1.807, 2.05) is 60.7 Å². The van der Waals surface area contributed by atoms with Crippen LogP contribution in [0.3, 0.4) is 0 Å². The molecule has 0 spiro atoms. The van der Waals surface area contributed by atoms with Gasteiger partial charge < -0.3 is 20.8 Å². The summed E-state index contributed by atoms with van der Waals surface area (Å²) in [5.41, 5.74) is 8.74. The van der Waals surface area contributed by atoms with E-state index in [0.29, 0.717) is 22.8 Å². The Labute approximate surface area is 191 Å². The molecule has 0 unspecified atom stereocenters. The number of rotatable bonds is 7. The summed E-state index contributed by atoms with van der Waals surface area (Å²) in [4.78, 5) is 25.7. The minimum Gasteiger partial charge on any atom is -0.457 e. The van der Waals surface area contributed by atoms with Crippen LogP contribution in [-0.2, 0) is 11.3 Å². The predicted octanol–water partition coefficient (Wildman–Crippen LogP) is 4.62. The Balaban J connectivity index is 1.58. The van der Waals surface area contributed by atoms with Crippen molar-refractivity contribution in [3.05, 3.63) is 120 Å². The molecule has 6 heteroatoms. The Hall–Kier alpha value is -4.58. The van der Waals surface area contributed by atoms with Crippen molar-refractivity contribution in [3.8, 4) is 11.3 Å². The van der Waals surface area contributed by atoms with Gasteiger partial charge in [0, 0.05) is 29.4 Å². The van der Waals surface area contributed by atoms with Crippen molar-refractivity contribution in [1.82, 2.24) is 10.6 Å². The van der Waals surface area contributed by atoms with Gasteiger partial charge in [0.1, 0.15) is 17.2 Å². The van der Waals surface area contributed by atoms with E-state index in [2.05, 4.69) is 10.6 Å². The molecule has 4 N–H and O–H groups in total. The molecule has 0 fully saturated rings. The fourth-order valence-corrected chi connectivity index (χ4v) is 3.24. The number of para-hydroxylation sites is 1. The number of nitrogen functional groups attached to an aromatic ring is 1. The van der Waals surface area contributed by atoms with Crippen molar-refractivity contribution < 1.29 is 14.0 Å². The van der Waals surface area contributed by atoms with Crippen LogP contribution in [0.15, 0.2) is 107 Å². The van der Waals surface area contributed by atoms with Crippen LogP contribution >= 0.6 is 0 Å². The summed E-state index contributed by atoms with van der Waals surface area (Å²) in [6.45, 7) is 0.220. The van der Waals surface area contributed by atoms with Crippen LogP contribution in [0, 0.1) is 0 Å². The lowest BCUT2D eigenvalue weighted by atomic mass is 10.1. The molecule has 0 aliphatic heterocycles. The lowest BCUT2D eigenvalue weighted by Gasteiger charge is -2.12. The zero-order valence-corrected chi connectivity index (χ0v) is 17.8. The van der Waals surface area contributed by atoms with Gasteiger partial charge in [-0.25, -0.2) is 0 Å². The summed E-state index contributed by atoms with van der Waals surface area (Å²) in [6.07, 6.45) is 1.51. The van der Waals surface area contributed by atoms with Crippen LogP contribution in [0.1, 0.15) is 21.7 Å². The molecule has 0 atom stereocenters. The number of anilines is 1. The Morgan fingerprint density at radius 2 is 1.48 bits per heavy atom. The summed E-state index contributed by atoms with van der Waals surface area (Å²) >= 11 is 0. The second kappa shape index (κ2) is 10.2. The number of benzene rings is 3. The first-order chi connectivity index (χ1) is 16.1. The second-order valence-corrected chi connectivity index (χ2v) is 7.33. The summed E-state index contributed by atoms with van der Waals surface area (Å²) < 4.78 is 5.89. The van der Waals surface area contributed by atoms with E-state index < -0.39 is 11.8 Å². The van der Waals surface area contributed by atoms with Gasteiger partial charge in [-0.1, -0.05) is 66.7 Å². The van der Waals surface area contributed by atoms with Crippen LogP contribution in [0.5, 0.6) is 0 Å². The van der Waals surface area contributed by atoms with E-state index in [1.165, 1.54) is 6.08 Å². The topological polar surface area (TPSA) is 97.4 Å². The predicted molar refractivity (Wildman–Crippen MR) is 129 cm³/mol. The van der Waals surface area contributed by atoms with E-state index in [0.717, 1.165) is 11.1 Å².